The highest BCUT2D eigenvalue weighted by atomic mass is 14.4. The molecule has 0 bridgehead atoms. The maximum absolute atomic E-state index is 2.41. The lowest BCUT2D eigenvalue weighted by atomic mass is 9.62. The summed E-state index contributed by atoms with van der Waals surface area (Å²) in [6, 6.07) is 88.4. The van der Waals surface area contributed by atoms with E-state index in [-0.39, 0.29) is 0 Å². The molecule has 0 saturated carbocycles. The van der Waals surface area contributed by atoms with Crippen LogP contribution in [0.2, 0.25) is 0 Å². The predicted octanol–water partition coefficient (Wildman–Crippen LogP) is 38.9. The van der Waals surface area contributed by atoms with E-state index in [0.717, 1.165) is 0 Å². The number of hydrogen-bond donors (Lipinski definition) is 0. The Kier molecular flexibility index (Phi) is 35.9. The van der Waals surface area contributed by atoms with E-state index in [1.165, 1.54) is 212 Å². The smallest absolute Gasteiger partial charge is 0.0352 e. The van der Waals surface area contributed by atoms with Crippen LogP contribution in [-0.4, -0.2) is 0 Å². The van der Waals surface area contributed by atoms with Gasteiger partial charge in [0.2, 0.25) is 0 Å². The largest absolute Gasteiger partial charge is 0.0683 e. The SMILES string of the molecule is C1=CC2=CC3=CC=CC4=Cc5cccc6c5=C(C2C(=C1)C=6)C34.C1=CC2=CC=CC3=CC=CC(=C1)C23.C1=CC2=Cc3cccc4ccc5c(c34)C2C(=C1)C=C5.CC.CC.CC.CC.CC.CC.CC.CC.CC.CC.CC.CC.c1cc2ccc3ccc4ccc5ccc6ccc1c1c2c3c4c5c61.c1cc2ccc3cccc4ccc(c1)c2c34.c1ccc2cc3ccccc3cc2c1. The van der Waals surface area contributed by atoms with Crippen LogP contribution in [0, 0.1) is 17.8 Å². The molecule has 17 aromatic carbocycles. The Hall–Kier alpha value is -13.5. The molecule has 0 heteroatoms. The van der Waals surface area contributed by atoms with Crippen molar-refractivity contribution in [2.45, 2.75) is 172 Å². The Morgan fingerprint density at radius 3 is 0.780 bits per heavy atom. The number of fused-ring (bicyclic) bond motifs is 2. The van der Waals surface area contributed by atoms with Crippen molar-refractivity contribution in [3.8, 4) is 0 Å². The third kappa shape index (κ3) is 18.9. The van der Waals surface area contributed by atoms with Gasteiger partial charge in [0, 0.05) is 23.7 Å². The van der Waals surface area contributed by atoms with Crippen LogP contribution >= 0.6 is 0 Å². The van der Waals surface area contributed by atoms with Gasteiger partial charge < -0.3 is 0 Å². The van der Waals surface area contributed by atoms with E-state index < -0.39 is 0 Å². The van der Waals surface area contributed by atoms with Gasteiger partial charge in [-0.2, -0.15) is 0 Å². The van der Waals surface area contributed by atoms with E-state index in [0.29, 0.717) is 23.7 Å². The van der Waals surface area contributed by atoms with E-state index in [1.807, 2.05) is 166 Å². The molecule has 0 amide bonds. The van der Waals surface area contributed by atoms with Crippen LogP contribution in [0.1, 0.15) is 194 Å². The molecule has 0 fully saturated rings. The van der Waals surface area contributed by atoms with Crippen molar-refractivity contribution in [1.82, 2.24) is 0 Å². The van der Waals surface area contributed by atoms with Gasteiger partial charge in [-0.15, -0.1) is 0 Å². The van der Waals surface area contributed by atoms with Crippen LogP contribution in [0.4, 0.5) is 0 Å². The van der Waals surface area contributed by atoms with Crippen molar-refractivity contribution in [2.24, 2.45) is 17.8 Å². The zero-order valence-corrected chi connectivity index (χ0v) is 83.3. The molecular weight excluding hydrogens is 1590 g/mol. The molecule has 0 aliphatic heterocycles. The van der Waals surface area contributed by atoms with Crippen LogP contribution < -0.4 is 10.4 Å². The molecule has 0 heterocycles. The molecule has 0 radical (unpaired) electrons. The van der Waals surface area contributed by atoms with Gasteiger partial charge in [0.1, 0.15) is 0 Å². The highest BCUT2D eigenvalue weighted by molar-refractivity contribution is 6.44. The predicted molar refractivity (Wildman–Crippen MR) is 600 cm³/mol. The van der Waals surface area contributed by atoms with Gasteiger partial charge in [-0.25, -0.2) is 0 Å². The van der Waals surface area contributed by atoms with Crippen molar-refractivity contribution in [3.05, 3.63) is 447 Å². The van der Waals surface area contributed by atoms with E-state index in [4.69, 9.17) is 0 Å². The molecule has 0 spiro atoms. The second-order valence-corrected chi connectivity index (χ2v) is 30.4. The Bertz CT molecular complexity index is 6820. The first-order valence-electron chi connectivity index (χ1n) is 50.1. The molecule has 668 valence electrons. The van der Waals surface area contributed by atoms with E-state index >= 15 is 0 Å². The van der Waals surface area contributed by atoms with Gasteiger partial charge in [0.15, 0.2) is 0 Å². The Morgan fingerprint density at radius 1 is 0.159 bits per heavy atom. The monoisotopic (exact) mass is 1730 g/mol. The summed E-state index contributed by atoms with van der Waals surface area (Å²) in [4.78, 5) is 0. The average Bonchev–Trinajstić information content (AvgIpc) is 0.684. The quantitative estimate of drug-likeness (QED) is 0.105. The maximum atomic E-state index is 2.41. The van der Waals surface area contributed by atoms with Gasteiger partial charge in [0.25, 0.3) is 0 Å². The zero-order chi connectivity index (χ0) is 94.7. The van der Waals surface area contributed by atoms with Crippen LogP contribution in [-0.2, 0) is 0 Å². The molecule has 11 aliphatic carbocycles. The summed E-state index contributed by atoms with van der Waals surface area (Å²) in [7, 11) is 0. The maximum Gasteiger partial charge on any atom is 0.0352 e. The zero-order valence-electron chi connectivity index (χ0n) is 83.3. The van der Waals surface area contributed by atoms with Gasteiger partial charge in [-0.1, -0.05) is 543 Å². The third-order valence-corrected chi connectivity index (χ3v) is 24.6. The summed E-state index contributed by atoms with van der Waals surface area (Å²) >= 11 is 0. The lowest BCUT2D eigenvalue weighted by Gasteiger charge is -2.41. The molecule has 3 unspecified atom stereocenters. The van der Waals surface area contributed by atoms with Crippen LogP contribution in [0.3, 0.4) is 0 Å². The number of rotatable bonds is 0. The fourth-order valence-corrected chi connectivity index (χ4v) is 20.0. The first-order valence-corrected chi connectivity index (χ1v) is 50.1. The number of hydrogen-bond acceptors (Lipinski definition) is 0. The van der Waals surface area contributed by atoms with Crippen molar-refractivity contribution < 1.29 is 0 Å². The van der Waals surface area contributed by atoms with Crippen LogP contribution in [0.25, 0.3) is 159 Å². The van der Waals surface area contributed by atoms with E-state index in [1.54, 1.807) is 5.57 Å². The first kappa shape index (κ1) is 99.1. The van der Waals surface area contributed by atoms with Crippen LogP contribution in [0.15, 0.2) is 414 Å². The second kappa shape index (κ2) is 47.9. The summed E-state index contributed by atoms with van der Waals surface area (Å²) in [6.07, 6.45) is 53.9. The average molecular weight is 1730 g/mol. The van der Waals surface area contributed by atoms with Gasteiger partial charge >= 0.3 is 0 Å². The van der Waals surface area contributed by atoms with Crippen molar-refractivity contribution >= 4 is 159 Å². The number of benzene rings is 17. The topological polar surface area (TPSA) is 0 Å². The van der Waals surface area contributed by atoms with Crippen LogP contribution in [0.5, 0.6) is 0 Å². The van der Waals surface area contributed by atoms with Crippen molar-refractivity contribution in [3.63, 3.8) is 0 Å². The van der Waals surface area contributed by atoms with E-state index in [2.05, 4.69) is 388 Å². The lowest BCUT2D eigenvalue weighted by molar-refractivity contribution is 0.788. The summed E-state index contributed by atoms with van der Waals surface area (Å²) in [5.41, 5.74) is 20.1. The summed E-state index contributed by atoms with van der Waals surface area (Å²) < 4.78 is 0. The molecular formula is C132H140. The standard InChI is InChI=1S/C24H12.C22H14.C19H12.C16H10.C14H10.C13H10.12C2H6/c1-2-14-5-6-16-9-11-18-12-10-17-8-7-15-4-3-13(1)19-20(14)22(16)24(18)23(17)21(15)19;1-4-13-10-15-6-2-8-17-12-18-9-3-7-16-11-14(5-1)19(13)22(20(15)17)21(16)18;1-3-12-7-9-14-10-8-13-4-2-6-16-11-15(5-1)17(12)19(14)18(13)16;1-3-11-7-9-13-5-2-6-14-10-8-12(4-1)15(11)16(13)14;1-2-6-12-10-14-8-4-3-7-13(14)9-11(12)5-1;1-4-10-6-2-8-12-9-3-7-11(5-1)13(10)12;12*1-2/h1-12H;1-12,19-20H;1-11,17H;1-10H;1-10H;1-9,13H;12*1-2H3. The number of allylic oxidation sites excluding steroid dienone is 29. The minimum Gasteiger partial charge on any atom is -0.0683 e. The molecule has 0 N–H and O–H groups in total. The lowest BCUT2D eigenvalue weighted by Crippen LogP contribution is -2.42. The van der Waals surface area contributed by atoms with Crippen molar-refractivity contribution in [2.75, 3.05) is 0 Å². The summed E-state index contributed by atoms with van der Waals surface area (Å²) in [6.45, 7) is 48.0. The minimum absolute atomic E-state index is 0.448. The minimum atomic E-state index is 0.448. The highest BCUT2D eigenvalue weighted by Crippen LogP contribution is 2.53. The van der Waals surface area contributed by atoms with Crippen molar-refractivity contribution in [1.29, 1.82) is 0 Å². The Balaban J connectivity index is 0.000000147. The van der Waals surface area contributed by atoms with Gasteiger partial charge in [-0.05, 0) is 230 Å². The molecule has 3 atom stereocenters. The molecule has 0 aromatic heterocycles. The highest BCUT2D eigenvalue weighted by Gasteiger charge is 2.40. The molecule has 28 rings (SSSR count). The fourth-order valence-electron chi connectivity index (χ4n) is 20.0. The summed E-state index contributed by atoms with van der Waals surface area (Å²) in [5.74, 6) is 1.87. The molecule has 0 saturated heterocycles. The molecule has 132 heavy (non-hydrogen) atoms. The van der Waals surface area contributed by atoms with E-state index in [9.17, 15) is 0 Å². The third-order valence-electron chi connectivity index (χ3n) is 24.6. The second-order valence-electron chi connectivity index (χ2n) is 30.4. The normalized spacial score (nSPS) is 15.6. The molecule has 17 aromatic rings. The summed E-state index contributed by atoms with van der Waals surface area (Å²) in [5, 5.41) is 35.8. The Morgan fingerprint density at radius 2 is 0.417 bits per heavy atom. The van der Waals surface area contributed by atoms with Gasteiger partial charge in [-0.3, -0.25) is 0 Å². The van der Waals surface area contributed by atoms with Gasteiger partial charge in [0.05, 0.1) is 0 Å². The fraction of sp³-hybridized carbons (Fsp3) is 0.212. The first-order chi connectivity index (χ1) is 65.5. The molecule has 11 aliphatic rings. The Labute approximate surface area is 790 Å². The molecule has 0 nitrogen and oxygen atoms in total.